The quantitative estimate of drug-likeness (QED) is 0.777. The van der Waals surface area contributed by atoms with Gasteiger partial charge in [-0.15, -0.1) is 0 Å². The van der Waals surface area contributed by atoms with E-state index in [1.54, 1.807) is 17.0 Å². The monoisotopic (exact) mass is 358 g/mol. The van der Waals surface area contributed by atoms with Gasteiger partial charge in [0.1, 0.15) is 5.82 Å². The highest BCUT2D eigenvalue weighted by molar-refractivity contribution is 6.07. The molecule has 1 aromatic carbocycles. The number of nitrogens with zero attached hydrogens (tertiary/aromatic N) is 2. The molecule has 2 fully saturated rings. The lowest BCUT2D eigenvalue weighted by Gasteiger charge is -2.40. The van der Waals surface area contributed by atoms with Crippen LogP contribution < -0.4 is 4.90 Å². The highest BCUT2D eigenvalue weighted by Gasteiger charge is 2.51. The lowest BCUT2D eigenvalue weighted by molar-refractivity contribution is -0.124. The molecular weight excluding hydrogens is 327 g/mol. The zero-order valence-corrected chi connectivity index (χ0v) is 16.0. The minimum Gasteiger partial charge on any atom is -0.314 e. The Morgan fingerprint density at radius 2 is 1.73 bits per heavy atom. The number of halogens is 1. The summed E-state index contributed by atoms with van der Waals surface area (Å²) in [6, 6.07) is 4.82. The van der Waals surface area contributed by atoms with Gasteiger partial charge in [-0.1, -0.05) is 32.1 Å². The number of carbonyl (C=O) groups is 1. The maximum absolute atomic E-state index is 13.9. The number of likely N-dealkylation sites (N-methyl/N-ethyl adjacent to an activating group) is 1. The number of anilines is 1. The van der Waals surface area contributed by atoms with E-state index in [0.29, 0.717) is 0 Å². The van der Waals surface area contributed by atoms with Crippen molar-refractivity contribution in [2.75, 3.05) is 31.6 Å². The Hall–Kier alpha value is -1.42. The second-order valence-electron chi connectivity index (χ2n) is 8.62. The van der Waals surface area contributed by atoms with Crippen LogP contribution in [0.3, 0.4) is 0 Å². The highest BCUT2D eigenvalue weighted by atomic mass is 19.1. The van der Waals surface area contributed by atoms with Crippen molar-refractivity contribution in [3.8, 4) is 0 Å². The third kappa shape index (κ3) is 3.17. The first-order chi connectivity index (χ1) is 12.6. The maximum atomic E-state index is 13.9. The molecule has 0 radical (unpaired) electrons. The molecule has 2 heterocycles. The Labute approximate surface area is 156 Å². The number of piperidine rings is 1. The molecule has 0 bridgehead atoms. The number of hydrogen-bond acceptors (Lipinski definition) is 2. The van der Waals surface area contributed by atoms with Crippen LogP contribution in [0, 0.1) is 11.7 Å². The molecular formula is C22H31FN2O. The van der Waals surface area contributed by atoms with E-state index in [1.165, 1.54) is 57.6 Å². The van der Waals surface area contributed by atoms with E-state index >= 15 is 0 Å². The van der Waals surface area contributed by atoms with Gasteiger partial charge < -0.3 is 9.80 Å². The Bertz CT molecular complexity index is 658. The SMILES string of the molecule is CN1C(=O)C2(CCN(CC3CCCCCCC3)CC2)c2cc(F)ccc21. The van der Waals surface area contributed by atoms with E-state index in [2.05, 4.69) is 4.90 Å². The average molecular weight is 359 g/mol. The number of fused-ring (bicyclic) bond motifs is 2. The average Bonchev–Trinajstić information content (AvgIpc) is 2.81. The van der Waals surface area contributed by atoms with Gasteiger partial charge in [0.05, 0.1) is 5.41 Å². The van der Waals surface area contributed by atoms with Crippen LogP contribution in [0.4, 0.5) is 10.1 Å². The van der Waals surface area contributed by atoms with Gasteiger partial charge in [-0.25, -0.2) is 4.39 Å². The Morgan fingerprint density at radius 1 is 1.08 bits per heavy atom. The molecule has 1 spiro atoms. The minimum absolute atomic E-state index is 0.156. The van der Waals surface area contributed by atoms with E-state index < -0.39 is 5.41 Å². The Morgan fingerprint density at radius 3 is 2.42 bits per heavy atom. The van der Waals surface area contributed by atoms with Crippen LogP contribution >= 0.6 is 0 Å². The van der Waals surface area contributed by atoms with Crippen LogP contribution in [-0.4, -0.2) is 37.5 Å². The molecule has 3 aliphatic rings. The van der Waals surface area contributed by atoms with E-state index in [-0.39, 0.29) is 11.7 Å². The molecule has 3 nitrogen and oxygen atoms in total. The van der Waals surface area contributed by atoms with Gasteiger partial charge in [-0.05, 0) is 68.5 Å². The first-order valence-corrected chi connectivity index (χ1v) is 10.4. The maximum Gasteiger partial charge on any atom is 0.237 e. The number of benzene rings is 1. The Kier molecular flexibility index (Phi) is 5.05. The van der Waals surface area contributed by atoms with Crippen molar-refractivity contribution in [1.82, 2.24) is 4.90 Å². The van der Waals surface area contributed by atoms with Crippen molar-refractivity contribution < 1.29 is 9.18 Å². The van der Waals surface area contributed by atoms with Gasteiger partial charge >= 0.3 is 0 Å². The summed E-state index contributed by atoms with van der Waals surface area (Å²) in [7, 11) is 1.83. The smallest absolute Gasteiger partial charge is 0.237 e. The molecule has 0 unspecified atom stereocenters. The van der Waals surface area contributed by atoms with E-state index in [9.17, 15) is 9.18 Å². The minimum atomic E-state index is -0.496. The van der Waals surface area contributed by atoms with Gasteiger partial charge in [0.2, 0.25) is 5.91 Å². The third-order valence-electron chi connectivity index (χ3n) is 7.00. The summed E-state index contributed by atoms with van der Waals surface area (Å²) in [5, 5.41) is 0. The summed E-state index contributed by atoms with van der Waals surface area (Å²) in [6.07, 6.45) is 11.3. The van der Waals surface area contributed by atoms with Crippen molar-refractivity contribution in [2.45, 2.75) is 63.2 Å². The molecule has 2 aliphatic heterocycles. The molecule has 4 heteroatoms. The van der Waals surface area contributed by atoms with Crippen LogP contribution in [0.25, 0.3) is 0 Å². The summed E-state index contributed by atoms with van der Waals surface area (Å²) >= 11 is 0. The van der Waals surface area contributed by atoms with E-state index in [4.69, 9.17) is 0 Å². The van der Waals surface area contributed by atoms with Crippen molar-refractivity contribution in [2.24, 2.45) is 5.92 Å². The third-order valence-corrected chi connectivity index (χ3v) is 7.00. The van der Waals surface area contributed by atoms with Gasteiger partial charge in [0.15, 0.2) is 0 Å². The fourth-order valence-corrected chi connectivity index (χ4v) is 5.42. The zero-order chi connectivity index (χ0) is 18.1. The molecule has 0 N–H and O–H groups in total. The van der Waals surface area contributed by atoms with Crippen LogP contribution in [0.1, 0.15) is 63.4 Å². The molecule has 142 valence electrons. The topological polar surface area (TPSA) is 23.6 Å². The number of carbonyl (C=O) groups excluding carboxylic acids is 1. The second kappa shape index (κ2) is 7.30. The lowest BCUT2D eigenvalue weighted by atomic mass is 9.73. The molecule has 0 atom stereocenters. The number of amides is 1. The van der Waals surface area contributed by atoms with E-state index in [0.717, 1.165) is 43.1 Å². The van der Waals surface area contributed by atoms with Crippen LogP contribution in [0.5, 0.6) is 0 Å². The van der Waals surface area contributed by atoms with Crippen LogP contribution in [0.15, 0.2) is 18.2 Å². The standard InChI is InChI=1S/C22H31FN2O/c1-24-20-10-9-18(23)15-19(20)22(21(24)26)11-13-25(14-12-22)16-17-7-5-3-2-4-6-8-17/h9-10,15,17H,2-8,11-14,16H2,1H3. The zero-order valence-electron chi connectivity index (χ0n) is 16.0. The molecule has 1 amide bonds. The molecule has 1 aromatic rings. The van der Waals surface area contributed by atoms with E-state index in [1.807, 2.05) is 7.05 Å². The van der Waals surface area contributed by atoms with Crippen LogP contribution in [0.2, 0.25) is 0 Å². The van der Waals surface area contributed by atoms with Crippen molar-refractivity contribution >= 4 is 11.6 Å². The first-order valence-electron chi connectivity index (χ1n) is 10.4. The van der Waals surface area contributed by atoms with Crippen molar-refractivity contribution in [3.63, 3.8) is 0 Å². The van der Waals surface area contributed by atoms with Gasteiger partial charge in [0, 0.05) is 19.3 Å². The fourth-order valence-electron chi connectivity index (χ4n) is 5.42. The Balaban J connectivity index is 1.44. The van der Waals surface area contributed by atoms with Gasteiger partial charge in [0.25, 0.3) is 0 Å². The summed E-state index contributed by atoms with van der Waals surface area (Å²) in [5.74, 6) is 0.739. The second-order valence-corrected chi connectivity index (χ2v) is 8.62. The predicted octanol–water partition coefficient (Wildman–Crippen LogP) is 4.50. The fraction of sp³-hybridized carbons (Fsp3) is 0.682. The number of hydrogen-bond donors (Lipinski definition) is 0. The molecule has 26 heavy (non-hydrogen) atoms. The number of likely N-dealkylation sites (tertiary alicyclic amines) is 1. The van der Waals surface area contributed by atoms with Crippen LogP contribution in [-0.2, 0) is 10.2 Å². The number of rotatable bonds is 2. The predicted molar refractivity (Wildman–Crippen MR) is 103 cm³/mol. The lowest BCUT2D eigenvalue weighted by Crippen LogP contribution is -2.49. The first kappa shape index (κ1) is 18.0. The molecule has 4 rings (SSSR count). The largest absolute Gasteiger partial charge is 0.314 e. The van der Waals surface area contributed by atoms with Crippen molar-refractivity contribution in [1.29, 1.82) is 0 Å². The molecule has 1 aliphatic carbocycles. The van der Waals surface area contributed by atoms with Gasteiger partial charge in [-0.3, -0.25) is 4.79 Å². The summed E-state index contributed by atoms with van der Waals surface area (Å²) < 4.78 is 13.9. The van der Waals surface area contributed by atoms with Crippen molar-refractivity contribution in [3.05, 3.63) is 29.6 Å². The molecule has 1 saturated carbocycles. The summed E-state index contributed by atoms with van der Waals surface area (Å²) in [5.41, 5.74) is 1.31. The molecule has 0 aromatic heterocycles. The normalized spacial score (nSPS) is 24.5. The summed E-state index contributed by atoms with van der Waals surface area (Å²) in [4.78, 5) is 17.3. The molecule has 1 saturated heterocycles. The highest BCUT2D eigenvalue weighted by Crippen LogP contribution is 2.47. The summed E-state index contributed by atoms with van der Waals surface area (Å²) in [6.45, 7) is 3.08. The van der Waals surface area contributed by atoms with Gasteiger partial charge in [-0.2, -0.15) is 0 Å².